The summed E-state index contributed by atoms with van der Waals surface area (Å²) in [5.41, 5.74) is 0. The highest BCUT2D eigenvalue weighted by atomic mass is 31.1. The molecule has 0 N–H and O–H groups in total. The van der Waals surface area contributed by atoms with Gasteiger partial charge in [-0.2, -0.15) is 0 Å². The molecule has 0 aromatic heterocycles. The van der Waals surface area contributed by atoms with E-state index >= 15 is 0 Å². The summed E-state index contributed by atoms with van der Waals surface area (Å²) in [4.78, 5) is 10.7. The van der Waals surface area contributed by atoms with Gasteiger partial charge in [0.05, 0.1) is 6.61 Å². The molecule has 4 nitrogen and oxygen atoms in total. The molecule has 5 heteroatoms. The minimum atomic E-state index is -2.01. The van der Waals surface area contributed by atoms with Gasteiger partial charge < -0.3 is 4.74 Å². The first-order chi connectivity index (χ1) is 5.13. The molecule has 0 heterocycles. The zero-order valence-corrected chi connectivity index (χ0v) is 7.76. The van der Waals surface area contributed by atoms with Gasteiger partial charge in [-0.25, -0.2) is 0 Å². The van der Waals surface area contributed by atoms with Crippen molar-refractivity contribution in [3.8, 4) is 0 Å². The first-order valence-electron chi connectivity index (χ1n) is 3.26. The Morgan fingerprint density at radius 3 is 2.45 bits per heavy atom. The average Bonchev–Trinajstić information content (AvgIpc) is 1.88. The monoisotopic (exact) mass is 179 g/mol. The van der Waals surface area contributed by atoms with E-state index in [1.165, 1.54) is 14.0 Å². The van der Waals surface area contributed by atoms with Gasteiger partial charge >= 0.3 is 13.9 Å². The molecule has 0 saturated heterocycles. The van der Waals surface area contributed by atoms with Gasteiger partial charge in [-0.1, -0.05) is 0 Å². The van der Waals surface area contributed by atoms with E-state index < -0.39 is 13.9 Å². The summed E-state index contributed by atoms with van der Waals surface area (Å²) in [5, 5.41) is 0. The van der Waals surface area contributed by atoms with E-state index in [2.05, 4.69) is 4.74 Å². The average molecular weight is 179 g/mol. The number of carbonyl (C=O) groups excluding carboxylic acids is 1. The van der Waals surface area contributed by atoms with Gasteiger partial charge in [0.25, 0.3) is 0 Å². The SMILES string of the molecule is CCO[P+](=O)C(OC)C(C)=O. The highest BCUT2D eigenvalue weighted by molar-refractivity contribution is 7.41. The van der Waals surface area contributed by atoms with E-state index in [0.29, 0.717) is 6.61 Å². The molecule has 0 rings (SSSR count). The Labute approximate surface area is 66.7 Å². The van der Waals surface area contributed by atoms with Crippen LogP contribution in [0.1, 0.15) is 13.8 Å². The predicted molar refractivity (Wildman–Crippen MR) is 40.7 cm³/mol. The third-order valence-electron chi connectivity index (χ3n) is 1.02. The van der Waals surface area contributed by atoms with E-state index in [1.54, 1.807) is 6.92 Å². The van der Waals surface area contributed by atoms with Crippen LogP contribution in [0.4, 0.5) is 0 Å². The number of hydrogen-bond donors (Lipinski definition) is 0. The predicted octanol–water partition coefficient (Wildman–Crippen LogP) is 1.33. The summed E-state index contributed by atoms with van der Waals surface area (Å²) in [6, 6.07) is 0. The number of ether oxygens (including phenoxy) is 1. The summed E-state index contributed by atoms with van der Waals surface area (Å²) in [6.45, 7) is 3.35. The zero-order valence-electron chi connectivity index (χ0n) is 6.86. The summed E-state index contributed by atoms with van der Waals surface area (Å²) < 4.78 is 20.4. The molecule has 0 fully saturated rings. The molecule has 11 heavy (non-hydrogen) atoms. The quantitative estimate of drug-likeness (QED) is 0.597. The minimum absolute atomic E-state index is 0.276. The smallest absolute Gasteiger partial charge is 0.330 e. The lowest BCUT2D eigenvalue weighted by Gasteiger charge is -1.97. The van der Waals surface area contributed by atoms with Crippen LogP contribution in [0.5, 0.6) is 0 Å². The van der Waals surface area contributed by atoms with Gasteiger partial charge in [-0.05, 0) is 11.5 Å². The van der Waals surface area contributed by atoms with Crippen LogP contribution >= 0.6 is 8.03 Å². The van der Waals surface area contributed by atoms with Gasteiger partial charge in [-0.15, -0.1) is 4.52 Å². The Morgan fingerprint density at radius 2 is 2.18 bits per heavy atom. The standard InChI is InChI=1S/C6H12O4P/c1-4-10-11(8)6(9-3)5(2)7/h6H,4H2,1-3H3/q+1. The number of Topliss-reactive ketones (excluding diaryl/α,β-unsaturated/α-hetero) is 1. The molecule has 0 radical (unpaired) electrons. The Kier molecular flexibility index (Phi) is 5.20. The molecule has 0 aliphatic heterocycles. The van der Waals surface area contributed by atoms with Crippen LogP contribution in [-0.2, 0) is 18.6 Å². The number of rotatable bonds is 5. The van der Waals surface area contributed by atoms with Crippen LogP contribution in [0, 0.1) is 0 Å². The van der Waals surface area contributed by atoms with Crippen molar-refractivity contribution in [3.63, 3.8) is 0 Å². The first kappa shape index (κ1) is 10.7. The van der Waals surface area contributed by atoms with Crippen LogP contribution in [0.25, 0.3) is 0 Å². The van der Waals surface area contributed by atoms with Crippen LogP contribution in [0.15, 0.2) is 0 Å². The fourth-order valence-electron chi connectivity index (χ4n) is 0.595. The molecule has 2 atom stereocenters. The molecule has 0 bridgehead atoms. The van der Waals surface area contributed by atoms with E-state index in [0.717, 1.165) is 0 Å². The molecule has 0 aromatic rings. The second kappa shape index (κ2) is 5.35. The lowest BCUT2D eigenvalue weighted by molar-refractivity contribution is -0.122. The summed E-state index contributed by atoms with van der Waals surface area (Å²) in [6.07, 6.45) is 0. The molecular weight excluding hydrogens is 167 g/mol. The lowest BCUT2D eigenvalue weighted by atomic mass is 10.5. The third-order valence-corrected chi connectivity index (χ3v) is 2.49. The second-order valence-corrected chi connectivity index (χ2v) is 3.20. The van der Waals surface area contributed by atoms with E-state index in [4.69, 9.17) is 4.52 Å². The van der Waals surface area contributed by atoms with Crippen LogP contribution < -0.4 is 0 Å². The molecule has 0 aliphatic rings. The van der Waals surface area contributed by atoms with Gasteiger partial charge in [0.1, 0.15) is 0 Å². The van der Waals surface area contributed by atoms with E-state index in [1.807, 2.05) is 0 Å². The summed E-state index contributed by atoms with van der Waals surface area (Å²) in [7, 11) is -0.674. The first-order valence-corrected chi connectivity index (χ1v) is 4.50. The van der Waals surface area contributed by atoms with E-state index in [-0.39, 0.29) is 5.78 Å². The maximum absolute atomic E-state index is 11.0. The molecule has 0 saturated carbocycles. The molecule has 0 spiro atoms. The van der Waals surface area contributed by atoms with Crippen molar-refractivity contribution in [3.05, 3.63) is 0 Å². The molecule has 2 unspecified atom stereocenters. The third kappa shape index (κ3) is 3.56. The molecule has 0 amide bonds. The van der Waals surface area contributed by atoms with Gasteiger partial charge in [0.2, 0.25) is 5.78 Å². The van der Waals surface area contributed by atoms with Crippen LogP contribution in [0.2, 0.25) is 0 Å². The lowest BCUT2D eigenvalue weighted by Crippen LogP contribution is -2.16. The highest BCUT2D eigenvalue weighted by Gasteiger charge is 2.36. The van der Waals surface area contributed by atoms with E-state index in [9.17, 15) is 9.36 Å². The van der Waals surface area contributed by atoms with Crippen molar-refractivity contribution in [1.82, 2.24) is 0 Å². The van der Waals surface area contributed by atoms with Crippen molar-refractivity contribution in [1.29, 1.82) is 0 Å². The molecule has 64 valence electrons. The molecule has 0 aliphatic carbocycles. The van der Waals surface area contributed by atoms with Crippen molar-refractivity contribution in [2.24, 2.45) is 0 Å². The van der Waals surface area contributed by atoms with Crippen molar-refractivity contribution in [2.75, 3.05) is 13.7 Å². The van der Waals surface area contributed by atoms with Crippen molar-refractivity contribution < 1.29 is 18.6 Å². The number of ketones is 1. The van der Waals surface area contributed by atoms with Gasteiger partial charge in [0.15, 0.2) is 0 Å². The largest absolute Gasteiger partial charge is 0.548 e. The number of methoxy groups -OCH3 is 1. The highest BCUT2D eigenvalue weighted by Crippen LogP contribution is 2.29. The fraction of sp³-hybridized carbons (Fsp3) is 0.833. The normalized spacial score (nSPS) is 14.3. The maximum atomic E-state index is 11.0. The van der Waals surface area contributed by atoms with Crippen molar-refractivity contribution in [2.45, 2.75) is 19.7 Å². The van der Waals surface area contributed by atoms with Crippen molar-refractivity contribution >= 4 is 13.8 Å². The summed E-state index contributed by atoms with van der Waals surface area (Å²) >= 11 is 0. The number of carbonyl (C=O) groups is 1. The number of hydrogen-bond acceptors (Lipinski definition) is 4. The van der Waals surface area contributed by atoms with Crippen LogP contribution in [-0.4, -0.2) is 25.3 Å². The Morgan fingerprint density at radius 1 is 1.64 bits per heavy atom. The van der Waals surface area contributed by atoms with Gasteiger partial charge in [0, 0.05) is 14.0 Å². The fourth-order valence-corrected chi connectivity index (χ4v) is 1.45. The molecular formula is C6H12O4P+. The second-order valence-electron chi connectivity index (χ2n) is 1.90. The Balaban J connectivity index is 4.03. The zero-order chi connectivity index (χ0) is 8.85. The van der Waals surface area contributed by atoms with Crippen LogP contribution in [0.3, 0.4) is 0 Å². The molecule has 0 aromatic carbocycles. The Hall–Kier alpha value is -0.310. The minimum Gasteiger partial charge on any atom is -0.330 e. The summed E-state index contributed by atoms with van der Waals surface area (Å²) in [5.74, 6) is -1.19. The maximum Gasteiger partial charge on any atom is 0.548 e. The topological polar surface area (TPSA) is 52.6 Å². The van der Waals surface area contributed by atoms with Gasteiger partial charge in [-0.3, -0.25) is 4.79 Å². The Bertz CT molecular complexity index is 157.